The number of aliphatic hydroxyl groups is 2. The van der Waals surface area contributed by atoms with Gasteiger partial charge in [0.05, 0.1) is 25.6 Å². The van der Waals surface area contributed by atoms with Gasteiger partial charge in [-0.3, -0.25) is 4.79 Å². The van der Waals surface area contributed by atoms with Crippen molar-refractivity contribution in [1.82, 2.24) is 9.97 Å². The first-order chi connectivity index (χ1) is 6.69. The van der Waals surface area contributed by atoms with Crippen molar-refractivity contribution in [3.8, 4) is 0 Å². The standard InChI is InChI=1S/C7H12N4O3/c8-5-6(9-3-10-7(5)14)11-4(1-12)2-13/h3-4,12-13H,1-2,8H2,(H2,9,10,11,14). The van der Waals surface area contributed by atoms with E-state index in [9.17, 15) is 4.79 Å². The van der Waals surface area contributed by atoms with Gasteiger partial charge in [0.1, 0.15) is 5.69 Å². The quantitative estimate of drug-likeness (QED) is 0.387. The molecule has 0 unspecified atom stereocenters. The Labute approximate surface area is 79.6 Å². The van der Waals surface area contributed by atoms with Crippen molar-refractivity contribution in [2.75, 3.05) is 24.3 Å². The maximum absolute atomic E-state index is 11.0. The zero-order chi connectivity index (χ0) is 10.6. The Morgan fingerprint density at radius 3 is 2.79 bits per heavy atom. The van der Waals surface area contributed by atoms with Crippen LogP contribution in [0, 0.1) is 0 Å². The molecular weight excluding hydrogens is 188 g/mol. The molecule has 7 heteroatoms. The largest absolute Gasteiger partial charge is 0.394 e. The molecule has 0 saturated heterocycles. The van der Waals surface area contributed by atoms with Crippen molar-refractivity contribution in [2.24, 2.45) is 0 Å². The van der Waals surface area contributed by atoms with Crippen LogP contribution < -0.4 is 16.6 Å². The van der Waals surface area contributed by atoms with E-state index in [4.69, 9.17) is 15.9 Å². The van der Waals surface area contributed by atoms with Crippen molar-refractivity contribution < 1.29 is 10.2 Å². The summed E-state index contributed by atoms with van der Waals surface area (Å²) >= 11 is 0. The molecule has 1 rings (SSSR count). The van der Waals surface area contributed by atoms with Crippen molar-refractivity contribution >= 4 is 11.5 Å². The second-order valence-corrected chi connectivity index (χ2v) is 2.70. The minimum atomic E-state index is -0.577. The number of nitrogens with two attached hydrogens (primary N) is 1. The van der Waals surface area contributed by atoms with Gasteiger partial charge < -0.3 is 26.2 Å². The smallest absolute Gasteiger partial charge is 0.276 e. The molecule has 6 N–H and O–H groups in total. The lowest BCUT2D eigenvalue weighted by molar-refractivity contribution is 0.203. The predicted octanol–water partition coefficient (Wildman–Crippen LogP) is -1.88. The van der Waals surface area contributed by atoms with E-state index >= 15 is 0 Å². The summed E-state index contributed by atoms with van der Waals surface area (Å²) in [7, 11) is 0. The summed E-state index contributed by atoms with van der Waals surface area (Å²) < 4.78 is 0. The third kappa shape index (κ3) is 2.21. The van der Waals surface area contributed by atoms with Crippen LogP contribution in [0.25, 0.3) is 0 Å². The lowest BCUT2D eigenvalue weighted by atomic mass is 10.3. The van der Waals surface area contributed by atoms with Gasteiger partial charge in [-0.25, -0.2) is 4.98 Å². The van der Waals surface area contributed by atoms with E-state index in [1.54, 1.807) is 0 Å². The lowest BCUT2D eigenvalue weighted by Crippen LogP contribution is -2.30. The molecule has 14 heavy (non-hydrogen) atoms. The fourth-order valence-corrected chi connectivity index (χ4v) is 0.868. The van der Waals surface area contributed by atoms with Gasteiger partial charge in [-0.15, -0.1) is 0 Å². The number of aliphatic hydroxyl groups excluding tert-OH is 2. The Morgan fingerprint density at radius 2 is 2.21 bits per heavy atom. The number of H-pyrrole nitrogens is 1. The topological polar surface area (TPSA) is 124 Å². The van der Waals surface area contributed by atoms with E-state index in [2.05, 4.69) is 15.3 Å². The van der Waals surface area contributed by atoms with Crippen LogP contribution in [-0.4, -0.2) is 39.4 Å². The molecule has 0 saturated carbocycles. The average Bonchev–Trinajstić information content (AvgIpc) is 2.20. The van der Waals surface area contributed by atoms with E-state index in [0.29, 0.717) is 0 Å². The Kier molecular flexibility index (Phi) is 3.43. The number of hydrogen-bond acceptors (Lipinski definition) is 6. The molecule has 0 atom stereocenters. The molecule has 0 fully saturated rings. The first-order valence-corrected chi connectivity index (χ1v) is 4.00. The van der Waals surface area contributed by atoms with E-state index in [1.807, 2.05) is 0 Å². The fraction of sp³-hybridized carbons (Fsp3) is 0.429. The van der Waals surface area contributed by atoms with Crippen LogP contribution in [0.1, 0.15) is 0 Å². The summed E-state index contributed by atoms with van der Waals surface area (Å²) in [5.41, 5.74) is 4.88. The molecule has 0 spiro atoms. The summed E-state index contributed by atoms with van der Waals surface area (Å²) in [6.45, 7) is -0.547. The first kappa shape index (κ1) is 10.5. The highest BCUT2D eigenvalue weighted by Crippen LogP contribution is 2.08. The van der Waals surface area contributed by atoms with E-state index < -0.39 is 11.6 Å². The predicted molar refractivity (Wildman–Crippen MR) is 50.9 cm³/mol. The van der Waals surface area contributed by atoms with Gasteiger partial charge >= 0.3 is 0 Å². The van der Waals surface area contributed by atoms with Crippen LogP contribution in [0.3, 0.4) is 0 Å². The SMILES string of the molecule is Nc1c(NC(CO)CO)nc[nH]c1=O. The van der Waals surface area contributed by atoms with Gasteiger partial charge in [-0.2, -0.15) is 0 Å². The van der Waals surface area contributed by atoms with Crippen molar-refractivity contribution in [3.05, 3.63) is 16.7 Å². The molecule has 0 aliphatic heterocycles. The van der Waals surface area contributed by atoms with Crippen LogP contribution in [0.5, 0.6) is 0 Å². The Balaban J connectivity index is 2.86. The minimum absolute atomic E-state index is 0.0700. The van der Waals surface area contributed by atoms with Crippen LogP contribution in [0.2, 0.25) is 0 Å². The second-order valence-electron chi connectivity index (χ2n) is 2.70. The van der Waals surface area contributed by atoms with Crippen LogP contribution >= 0.6 is 0 Å². The average molecular weight is 200 g/mol. The number of rotatable bonds is 4. The van der Waals surface area contributed by atoms with Crippen LogP contribution in [0.15, 0.2) is 11.1 Å². The zero-order valence-corrected chi connectivity index (χ0v) is 7.40. The third-order valence-corrected chi connectivity index (χ3v) is 1.67. The molecule has 0 amide bonds. The molecular formula is C7H12N4O3. The minimum Gasteiger partial charge on any atom is -0.394 e. The number of aromatic nitrogens is 2. The summed E-state index contributed by atoms with van der Waals surface area (Å²) in [5, 5.41) is 20.2. The highest BCUT2D eigenvalue weighted by molar-refractivity contribution is 5.59. The van der Waals surface area contributed by atoms with Crippen LogP contribution in [0.4, 0.5) is 11.5 Å². The lowest BCUT2D eigenvalue weighted by Gasteiger charge is -2.14. The Morgan fingerprint density at radius 1 is 1.57 bits per heavy atom. The summed E-state index contributed by atoms with van der Waals surface area (Å²) in [5.74, 6) is 0.154. The maximum atomic E-state index is 11.0. The maximum Gasteiger partial charge on any atom is 0.276 e. The van der Waals surface area contributed by atoms with Gasteiger partial charge in [0.25, 0.3) is 5.56 Å². The molecule has 1 aromatic heterocycles. The number of aromatic amines is 1. The highest BCUT2D eigenvalue weighted by atomic mass is 16.3. The molecule has 7 nitrogen and oxygen atoms in total. The molecule has 0 aliphatic carbocycles. The second kappa shape index (κ2) is 4.58. The van der Waals surface area contributed by atoms with Gasteiger partial charge in [0, 0.05) is 0 Å². The Bertz CT molecular complexity index is 347. The normalized spacial score (nSPS) is 10.5. The van der Waals surface area contributed by atoms with E-state index in [1.165, 1.54) is 6.33 Å². The zero-order valence-electron chi connectivity index (χ0n) is 7.40. The number of anilines is 2. The molecule has 1 heterocycles. The first-order valence-electron chi connectivity index (χ1n) is 4.00. The van der Waals surface area contributed by atoms with Gasteiger partial charge in [-0.05, 0) is 0 Å². The van der Waals surface area contributed by atoms with Gasteiger partial charge in [-0.1, -0.05) is 0 Å². The van der Waals surface area contributed by atoms with Crippen molar-refractivity contribution in [2.45, 2.75) is 6.04 Å². The summed E-state index contributed by atoms with van der Waals surface area (Å²) in [4.78, 5) is 17.1. The monoisotopic (exact) mass is 200 g/mol. The highest BCUT2D eigenvalue weighted by Gasteiger charge is 2.09. The molecule has 0 bridgehead atoms. The molecule has 1 aromatic rings. The molecule has 78 valence electrons. The molecule has 0 aromatic carbocycles. The van der Waals surface area contributed by atoms with Crippen molar-refractivity contribution in [1.29, 1.82) is 0 Å². The number of nitrogens with zero attached hydrogens (tertiary/aromatic N) is 1. The summed E-state index contributed by atoms with van der Waals surface area (Å²) in [6.07, 6.45) is 1.19. The Hall–Kier alpha value is -1.60. The number of nitrogen functional groups attached to an aromatic ring is 1. The van der Waals surface area contributed by atoms with Crippen molar-refractivity contribution in [3.63, 3.8) is 0 Å². The fourth-order valence-electron chi connectivity index (χ4n) is 0.868. The van der Waals surface area contributed by atoms with E-state index in [0.717, 1.165) is 0 Å². The summed E-state index contributed by atoms with van der Waals surface area (Å²) in [6, 6.07) is -0.577. The van der Waals surface area contributed by atoms with E-state index in [-0.39, 0.29) is 24.7 Å². The van der Waals surface area contributed by atoms with Gasteiger partial charge in [0.2, 0.25) is 0 Å². The van der Waals surface area contributed by atoms with Gasteiger partial charge in [0.15, 0.2) is 5.82 Å². The molecule has 0 radical (unpaired) electrons. The molecule has 0 aliphatic rings. The number of hydrogen-bond donors (Lipinski definition) is 5. The number of nitrogens with one attached hydrogen (secondary N) is 2. The third-order valence-electron chi connectivity index (χ3n) is 1.67. The van der Waals surface area contributed by atoms with Crippen LogP contribution in [-0.2, 0) is 0 Å².